The van der Waals surface area contributed by atoms with E-state index in [1.165, 1.54) is 18.3 Å². The van der Waals surface area contributed by atoms with Crippen molar-refractivity contribution in [1.82, 2.24) is 5.01 Å². The van der Waals surface area contributed by atoms with Gasteiger partial charge >= 0.3 is 5.88 Å². The van der Waals surface area contributed by atoms with Crippen LogP contribution in [-0.2, 0) is 9.84 Å². The Balaban J connectivity index is 2.02. The third-order valence-corrected chi connectivity index (χ3v) is 4.60. The van der Waals surface area contributed by atoms with E-state index in [1.807, 2.05) is 0 Å². The Labute approximate surface area is 110 Å². The van der Waals surface area contributed by atoms with Gasteiger partial charge in [-0.1, -0.05) is 0 Å². The second-order valence-corrected chi connectivity index (χ2v) is 6.61. The van der Waals surface area contributed by atoms with Crippen LogP contribution in [0.4, 0.5) is 5.88 Å². The van der Waals surface area contributed by atoms with E-state index < -0.39 is 15.1 Å². The van der Waals surface area contributed by atoms with Crippen LogP contribution >= 0.6 is 0 Å². The van der Waals surface area contributed by atoms with Gasteiger partial charge in [0.2, 0.25) is 0 Å². The Morgan fingerprint density at radius 3 is 2.95 bits per heavy atom. The predicted molar refractivity (Wildman–Crippen MR) is 66.9 cm³/mol. The fourth-order valence-electron chi connectivity index (χ4n) is 1.83. The second kappa shape index (κ2) is 5.29. The highest BCUT2D eigenvalue weighted by Crippen LogP contribution is 2.12. The summed E-state index contributed by atoms with van der Waals surface area (Å²) in [7, 11) is -2.97. The number of hydrogen-bond acceptors (Lipinski definition) is 7. The van der Waals surface area contributed by atoms with E-state index in [4.69, 9.17) is 9.62 Å². The van der Waals surface area contributed by atoms with Gasteiger partial charge in [0.15, 0.2) is 15.6 Å². The maximum Gasteiger partial charge on any atom is 0.328 e. The van der Waals surface area contributed by atoms with Crippen molar-refractivity contribution in [3.63, 3.8) is 0 Å². The van der Waals surface area contributed by atoms with E-state index in [0.29, 0.717) is 12.3 Å². The van der Waals surface area contributed by atoms with Crippen LogP contribution in [0, 0.1) is 5.21 Å². The van der Waals surface area contributed by atoms with Crippen molar-refractivity contribution in [2.24, 2.45) is 5.10 Å². The molecule has 0 aromatic carbocycles. The van der Waals surface area contributed by atoms with E-state index in [2.05, 4.69) is 5.10 Å². The number of nitrogens with zero attached hydrogens (tertiary/aromatic N) is 2. The van der Waals surface area contributed by atoms with Gasteiger partial charge in [-0.15, -0.1) is 0 Å². The van der Waals surface area contributed by atoms with Crippen molar-refractivity contribution in [1.29, 1.82) is 0 Å². The summed E-state index contributed by atoms with van der Waals surface area (Å²) >= 11 is 0. The summed E-state index contributed by atoms with van der Waals surface area (Å²) in [6.07, 6.45) is 1.39. The Morgan fingerprint density at radius 1 is 1.63 bits per heavy atom. The van der Waals surface area contributed by atoms with E-state index >= 15 is 0 Å². The van der Waals surface area contributed by atoms with Crippen LogP contribution in [0.25, 0.3) is 0 Å². The fourth-order valence-corrected chi connectivity index (χ4v) is 3.37. The van der Waals surface area contributed by atoms with E-state index in [-0.39, 0.29) is 23.4 Å². The number of quaternary nitrogens is 1. The van der Waals surface area contributed by atoms with Gasteiger partial charge in [0, 0.05) is 6.07 Å². The summed E-state index contributed by atoms with van der Waals surface area (Å²) < 4.78 is 27.8. The average Bonchev–Trinajstić information content (AvgIpc) is 2.75. The molecule has 2 N–H and O–H groups in total. The lowest BCUT2D eigenvalue weighted by molar-refractivity contribution is -0.997. The molecule has 106 valence electrons. The van der Waals surface area contributed by atoms with E-state index in [9.17, 15) is 13.6 Å². The summed E-state index contributed by atoms with van der Waals surface area (Å²) in [5.41, 5.74) is 0. The number of hydrogen-bond donors (Lipinski definition) is 2. The zero-order valence-electron chi connectivity index (χ0n) is 10.3. The van der Waals surface area contributed by atoms with Gasteiger partial charge in [-0.05, 0) is 13.0 Å². The summed E-state index contributed by atoms with van der Waals surface area (Å²) in [5.74, 6) is 0.310. The molecule has 1 aromatic rings. The zero-order chi connectivity index (χ0) is 14.0. The van der Waals surface area contributed by atoms with Crippen LogP contribution in [-0.4, -0.2) is 48.9 Å². The molecule has 0 aliphatic carbocycles. The third kappa shape index (κ3) is 3.53. The minimum Gasteiger partial charge on any atom is -0.592 e. The molecule has 2 rings (SSSR count). The standard InChI is InChI=1S/C10H15N3O5S/c1-8-7-19(16,17)5-4-12(8)11-6-9-2-3-10(18-9)13(14)15/h2-3,6,8,13-14H,4-5,7H2,1H3/t8-/m0/s1. The first-order chi connectivity index (χ1) is 8.87. The highest BCUT2D eigenvalue weighted by Gasteiger charge is 2.27. The largest absolute Gasteiger partial charge is 0.592 e. The van der Waals surface area contributed by atoms with Crippen LogP contribution < -0.4 is 5.23 Å². The van der Waals surface area contributed by atoms with E-state index in [0.717, 1.165) is 0 Å². The molecule has 2 heterocycles. The molecule has 1 aliphatic heterocycles. The molecule has 0 saturated carbocycles. The van der Waals surface area contributed by atoms with Gasteiger partial charge in [0.1, 0.15) is 0 Å². The molecule has 1 saturated heterocycles. The summed E-state index contributed by atoms with van der Waals surface area (Å²) in [5, 5.41) is 24.0. The Bertz CT molecular complexity index is 565. The van der Waals surface area contributed by atoms with Gasteiger partial charge < -0.3 is 9.62 Å². The minimum atomic E-state index is -2.97. The lowest BCUT2D eigenvalue weighted by atomic mass is 10.4. The summed E-state index contributed by atoms with van der Waals surface area (Å²) in [6.45, 7) is 2.10. The lowest BCUT2D eigenvalue weighted by Gasteiger charge is -2.30. The molecule has 1 aliphatic rings. The molecule has 0 amide bonds. The molecule has 8 nitrogen and oxygen atoms in total. The van der Waals surface area contributed by atoms with Crippen LogP contribution in [0.5, 0.6) is 0 Å². The second-order valence-electron chi connectivity index (χ2n) is 4.38. The molecule has 1 aromatic heterocycles. The molecule has 2 atom stereocenters. The topological polar surface area (TPSA) is 111 Å². The number of hydrazone groups is 1. The third-order valence-electron chi connectivity index (χ3n) is 2.81. The van der Waals surface area contributed by atoms with E-state index in [1.54, 1.807) is 11.9 Å². The molecule has 1 fully saturated rings. The maximum absolute atomic E-state index is 11.4. The monoisotopic (exact) mass is 289 g/mol. The summed E-state index contributed by atoms with van der Waals surface area (Å²) in [4.78, 5) is 0. The van der Waals surface area contributed by atoms with Crippen LogP contribution in [0.1, 0.15) is 12.7 Å². The lowest BCUT2D eigenvalue weighted by Crippen LogP contribution is -2.99. The van der Waals surface area contributed by atoms with Gasteiger partial charge in [-0.2, -0.15) is 10.3 Å². The van der Waals surface area contributed by atoms with Crippen molar-refractivity contribution in [2.45, 2.75) is 13.0 Å². The van der Waals surface area contributed by atoms with Crippen molar-refractivity contribution >= 4 is 21.9 Å². The predicted octanol–water partition coefficient (Wildman–Crippen LogP) is -0.864. The number of sulfone groups is 1. The van der Waals surface area contributed by atoms with Crippen LogP contribution in [0.3, 0.4) is 0 Å². The smallest absolute Gasteiger partial charge is 0.328 e. The fraction of sp³-hybridized carbons (Fsp3) is 0.500. The highest BCUT2D eigenvalue weighted by molar-refractivity contribution is 7.91. The first-order valence-electron chi connectivity index (χ1n) is 5.71. The zero-order valence-corrected chi connectivity index (χ0v) is 11.1. The van der Waals surface area contributed by atoms with Crippen molar-refractivity contribution in [2.75, 3.05) is 18.1 Å². The molecule has 0 bridgehead atoms. The molecular weight excluding hydrogens is 274 g/mol. The first kappa shape index (κ1) is 14.0. The van der Waals surface area contributed by atoms with Gasteiger partial charge in [0.25, 0.3) is 0 Å². The maximum atomic E-state index is 11.4. The van der Waals surface area contributed by atoms with Crippen molar-refractivity contribution in [3.8, 4) is 0 Å². The van der Waals surface area contributed by atoms with Crippen LogP contribution in [0.15, 0.2) is 21.7 Å². The molecule has 1 unspecified atom stereocenters. The van der Waals surface area contributed by atoms with Gasteiger partial charge in [-0.3, -0.25) is 5.01 Å². The average molecular weight is 289 g/mol. The molecule has 19 heavy (non-hydrogen) atoms. The van der Waals surface area contributed by atoms with Gasteiger partial charge in [-0.25, -0.2) is 13.6 Å². The number of rotatable bonds is 3. The molecular formula is C10H15N3O5S. The van der Waals surface area contributed by atoms with Crippen molar-refractivity contribution < 1.29 is 23.3 Å². The quantitative estimate of drug-likeness (QED) is 0.553. The summed E-state index contributed by atoms with van der Waals surface area (Å²) in [6, 6.07) is 2.63. The number of nitrogens with one attached hydrogen (secondary N) is 1. The normalized spacial score (nSPS) is 24.8. The van der Waals surface area contributed by atoms with Crippen LogP contribution in [0.2, 0.25) is 0 Å². The van der Waals surface area contributed by atoms with Gasteiger partial charge in [0.05, 0.1) is 30.3 Å². The SMILES string of the molecule is C[C@H]1CS(=O)(=O)CCN1N=Cc1ccc([NH+]([O-])O)o1. The Kier molecular flexibility index (Phi) is 3.90. The first-order valence-corrected chi connectivity index (χ1v) is 7.54. The Morgan fingerprint density at radius 2 is 2.37 bits per heavy atom. The number of furan rings is 1. The minimum absolute atomic E-state index is 0.0723. The highest BCUT2D eigenvalue weighted by atomic mass is 32.2. The molecule has 0 spiro atoms. The van der Waals surface area contributed by atoms with Crippen molar-refractivity contribution in [3.05, 3.63) is 23.1 Å². The molecule has 0 radical (unpaired) electrons. The molecule has 9 heteroatoms. The Hall–Kier alpha value is -1.42.